The Morgan fingerprint density at radius 1 is 1.39 bits per heavy atom. The molecule has 2 aliphatic rings. The molecule has 1 aliphatic heterocycles. The molecule has 2 fully saturated rings. The SMILES string of the molecule is COCC(=O)NCC1CNCC12CCCCC2.Cl. The van der Waals surface area contributed by atoms with Gasteiger partial charge >= 0.3 is 0 Å². The molecule has 4 nitrogen and oxygen atoms in total. The molecule has 1 atom stereocenters. The van der Waals surface area contributed by atoms with Gasteiger partial charge in [-0.15, -0.1) is 12.4 Å². The van der Waals surface area contributed by atoms with E-state index in [-0.39, 0.29) is 24.9 Å². The fraction of sp³-hybridized carbons (Fsp3) is 0.923. The fourth-order valence-electron chi connectivity index (χ4n) is 3.40. The van der Waals surface area contributed by atoms with Crippen molar-refractivity contribution in [3.8, 4) is 0 Å². The number of amides is 1. The Bertz CT molecular complexity index is 268. The summed E-state index contributed by atoms with van der Waals surface area (Å²) in [5, 5.41) is 6.50. The lowest BCUT2D eigenvalue weighted by atomic mass is 9.68. The molecule has 0 aromatic heterocycles. The minimum absolute atomic E-state index is 0. The summed E-state index contributed by atoms with van der Waals surface area (Å²) in [5.41, 5.74) is 0.457. The lowest BCUT2D eigenvalue weighted by molar-refractivity contribution is -0.125. The van der Waals surface area contributed by atoms with E-state index >= 15 is 0 Å². The van der Waals surface area contributed by atoms with Crippen LogP contribution in [-0.4, -0.2) is 39.3 Å². The van der Waals surface area contributed by atoms with Gasteiger partial charge in [-0.1, -0.05) is 19.3 Å². The van der Waals surface area contributed by atoms with E-state index in [1.54, 1.807) is 7.11 Å². The molecule has 0 aromatic carbocycles. The van der Waals surface area contributed by atoms with Crippen molar-refractivity contribution >= 4 is 18.3 Å². The van der Waals surface area contributed by atoms with Gasteiger partial charge in [0.2, 0.25) is 5.91 Å². The third kappa shape index (κ3) is 3.59. The van der Waals surface area contributed by atoms with Gasteiger partial charge in [-0.25, -0.2) is 0 Å². The van der Waals surface area contributed by atoms with Crippen molar-refractivity contribution in [3.05, 3.63) is 0 Å². The number of methoxy groups -OCH3 is 1. The standard InChI is InChI=1S/C13H24N2O2.ClH/c1-17-9-12(16)15-8-11-7-14-10-13(11)5-3-2-4-6-13;/h11,14H,2-10H2,1H3,(H,15,16);1H. The van der Waals surface area contributed by atoms with E-state index in [0.29, 0.717) is 11.3 Å². The molecule has 1 amide bonds. The summed E-state index contributed by atoms with van der Waals surface area (Å²) in [7, 11) is 1.55. The van der Waals surface area contributed by atoms with Crippen LogP contribution in [0.5, 0.6) is 0 Å². The Kier molecular flexibility index (Phi) is 6.39. The second-order valence-corrected chi connectivity index (χ2v) is 5.49. The Morgan fingerprint density at radius 2 is 2.11 bits per heavy atom. The first-order valence-corrected chi connectivity index (χ1v) is 6.73. The summed E-state index contributed by atoms with van der Waals surface area (Å²) in [6.07, 6.45) is 6.73. The lowest BCUT2D eigenvalue weighted by Gasteiger charge is -2.38. The Morgan fingerprint density at radius 3 is 2.78 bits per heavy atom. The maximum atomic E-state index is 11.4. The molecule has 106 valence electrons. The van der Waals surface area contributed by atoms with Gasteiger partial charge in [0.15, 0.2) is 0 Å². The molecule has 2 rings (SSSR count). The van der Waals surface area contributed by atoms with E-state index in [0.717, 1.165) is 19.6 Å². The summed E-state index contributed by atoms with van der Waals surface area (Å²) in [4.78, 5) is 11.4. The molecule has 0 radical (unpaired) electrons. The minimum atomic E-state index is 0. The highest BCUT2D eigenvalue weighted by molar-refractivity contribution is 5.85. The highest BCUT2D eigenvalue weighted by atomic mass is 35.5. The molecule has 1 saturated heterocycles. The zero-order valence-electron chi connectivity index (χ0n) is 11.2. The van der Waals surface area contributed by atoms with Gasteiger partial charge in [0.1, 0.15) is 6.61 Å². The van der Waals surface area contributed by atoms with E-state index in [2.05, 4.69) is 10.6 Å². The van der Waals surface area contributed by atoms with Crippen LogP contribution < -0.4 is 10.6 Å². The summed E-state index contributed by atoms with van der Waals surface area (Å²) < 4.78 is 4.83. The smallest absolute Gasteiger partial charge is 0.245 e. The highest BCUT2D eigenvalue weighted by Gasteiger charge is 2.42. The molecule has 1 heterocycles. The van der Waals surface area contributed by atoms with Crippen molar-refractivity contribution in [1.29, 1.82) is 0 Å². The average molecular weight is 277 g/mol. The maximum Gasteiger partial charge on any atom is 0.245 e. The summed E-state index contributed by atoms with van der Waals surface area (Å²) >= 11 is 0. The van der Waals surface area contributed by atoms with Crippen LogP contribution in [0.4, 0.5) is 0 Å². The van der Waals surface area contributed by atoms with Crippen LogP contribution in [0, 0.1) is 11.3 Å². The predicted molar refractivity (Wildman–Crippen MR) is 74.0 cm³/mol. The summed E-state index contributed by atoms with van der Waals surface area (Å²) in [6.45, 7) is 3.16. The molecule has 1 unspecified atom stereocenters. The van der Waals surface area contributed by atoms with Crippen molar-refractivity contribution in [2.45, 2.75) is 32.1 Å². The van der Waals surface area contributed by atoms with E-state index in [1.165, 1.54) is 32.1 Å². The zero-order valence-corrected chi connectivity index (χ0v) is 12.0. The number of nitrogens with one attached hydrogen (secondary N) is 2. The average Bonchev–Trinajstić information content (AvgIpc) is 2.71. The number of hydrogen-bond donors (Lipinski definition) is 2. The molecule has 0 bridgehead atoms. The Balaban J connectivity index is 0.00000162. The minimum Gasteiger partial charge on any atom is -0.375 e. The van der Waals surface area contributed by atoms with Gasteiger partial charge in [-0.2, -0.15) is 0 Å². The summed E-state index contributed by atoms with van der Waals surface area (Å²) in [5.74, 6) is 0.606. The zero-order chi connectivity index (χ0) is 12.1. The first kappa shape index (κ1) is 15.7. The molecule has 5 heteroatoms. The first-order valence-electron chi connectivity index (χ1n) is 6.73. The molecule has 18 heavy (non-hydrogen) atoms. The lowest BCUT2D eigenvalue weighted by Crippen LogP contribution is -2.40. The quantitative estimate of drug-likeness (QED) is 0.815. The van der Waals surface area contributed by atoms with Gasteiger partial charge in [0.05, 0.1) is 0 Å². The second kappa shape index (κ2) is 7.31. The topological polar surface area (TPSA) is 50.4 Å². The molecule has 1 spiro atoms. The van der Waals surface area contributed by atoms with Gasteiger partial charge in [-0.05, 0) is 24.2 Å². The number of hydrogen-bond acceptors (Lipinski definition) is 3. The fourth-order valence-corrected chi connectivity index (χ4v) is 3.40. The molecular weight excluding hydrogens is 252 g/mol. The van der Waals surface area contributed by atoms with Crippen molar-refractivity contribution in [1.82, 2.24) is 10.6 Å². The number of carbonyl (C=O) groups is 1. The van der Waals surface area contributed by atoms with Crippen LogP contribution in [0.2, 0.25) is 0 Å². The van der Waals surface area contributed by atoms with Crippen LogP contribution in [-0.2, 0) is 9.53 Å². The Labute approximate surface area is 116 Å². The summed E-state index contributed by atoms with van der Waals surface area (Å²) in [6, 6.07) is 0. The Hall–Kier alpha value is -0.320. The second-order valence-electron chi connectivity index (χ2n) is 5.49. The van der Waals surface area contributed by atoms with Gasteiger partial charge < -0.3 is 15.4 Å². The maximum absolute atomic E-state index is 11.4. The third-order valence-corrected chi connectivity index (χ3v) is 4.40. The number of ether oxygens (including phenoxy) is 1. The van der Waals surface area contributed by atoms with E-state index in [4.69, 9.17) is 4.74 Å². The van der Waals surface area contributed by atoms with Crippen LogP contribution in [0.1, 0.15) is 32.1 Å². The largest absolute Gasteiger partial charge is 0.375 e. The molecular formula is C13H25ClN2O2. The van der Waals surface area contributed by atoms with Crippen LogP contribution >= 0.6 is 12.4 Å². The molecule has 2 N–H and O–H groups in total. The van der Waals surface area contributed by atoms with Crippen LogP contribution in [0.3, 0.4) is 0 Å². The third-order valence-electron chi connectivity index (χ3n) is 4.40. The number of halogens is 1. The van der Waals surface area contributed by atoms with Gasteiger partial charge in [0.25, 0.3) is 0 Å². The van der Waals surface area contributed by atoms with E-state index in [1.807, 2.05) is 0 Å². The predicted octanol–water partition coefficient (Wildman–Crippen LogP) is 1.34. The monoisotopic (exact) mass is 276 g/mol. The van der Waals surface area contributed by atoms with Crippen molar-refractivity contribution in [2.75, 3.05) is 33.4 Å². The molecule has 1 saturated carbocycles. The van der Waals surface area contributed by atoms with Gasteiger partial charge in [-0.3, -0.25) is 4.79 Å². The van der Waals surface area contributed by atoms with Crippen LogP contribution in [0.25, 0.3) is 0 Å². The normalized spacial score (nSPS) is 25.7. The highest BCUT2D eigenvalue weighted by Crippen LogP contribution is 2.44. The van der Waals surface area contributed by atoms with Gasteiger partial charge in [0, 0.05) is 26.7 Å². The van der Waals surface area contributed by atoms with Crippen LogP contribution in [0.15, 0.2) is 0 Å². The van der Waals surface area contributed by atoms with Crippen molar-refractivity contribution in [2.24, 2.45) is 11.3 Å². The van der Waals surface area contributed by atoms with Crippen molar-refractivity contribution in [3.63, 3.8) is 0 Å². The van der Waals surface area contributed by atoms with Crippen molar-refractivity contribution < 1.29 is 9.53 Å². The molecule has 0 aromatic rings. The first-order chi connectivity index (χ1) is 8.27. The van der Waals surface area contributed by atoms with E-state index < -0.39 is 0 Å². The molecule has 1 aliphatic carbocycles. The number of rotatable bonds is 4. The van der Waals surface area contributed by atoms with E-state index in [9.17, 15) is 4.79 Å². The number of carbonyl (C=O) groups excluding carboxylic acids is 1.